The summed E-state index contributed by atoms with van der Waals surface area (Å²) in [6.45, 7) is 4.69. The van der Waals surface area contributed by atoms with E-state index in [0.717, 1.165) is 19.0 Å². The molecule has 2 aliphatic rings. The number of H-pyrrole nitrogens is 1. The van der Waals surface area contributed by atoms with Crippen LogP contribution in [0.4, 0.5) is 5.69 Å². The van der Waals surface area contributed by atoms with Crippen molar-refractivity contribution in [3.05, 3.63) is 72.4 Å². The first-order valence-corrected chi connectivity index (χ1v) is 11.9. The first-order chi connectivity index (χ1) is 14.8. The Bertz CT molecular complexity index is 1180. The predicted molar refractivity (Wildman–Crippen MR) is 128 cm³/mol. The second-order valence-electron chi connectivity index (χ2n) is 8.67. The van der Waals surface area contributed by atoms with E-state index in [-0.39, 0.29) is 0 Å². The molecule has 0 atom stereocenters. The molecule has 0 saturated carbocycles. The Balaban J connectivity index is 1.05. The minimum Gasteiger partial charge on any atom is -0.361 e. The first-order valence-electron chi connectivity index (χ1n) is 11.1. The number of benzene rings is 3. The van der Waals surface area contributed by atoms with Crippen LogP contribution in [0, 0.1) is 5.92 Å². The highest BCUT2D eigenvalue weighted by Crippen LogP contribution is 2.45. The van der Waals surface area contributed by atoms with E-state index >= 15 is 0 Å². The average molecular weight is 414 g/mol. The quantitative estimate of drug-likeness (QED) is 0.400. The van der Waals surface area contributed by atoms with Crippen molar-refractivity contribution in [2.24, 2.45) is 5.92 Å². The molecule has 2 aliphatic heterocycles. The summed E-state index contributed by atoms with van der Waals surface area (Å²) in [6.07, 6.45) is 6.04. The standard InChI is InChI=1S/C26H27N3S/c1-2-8-23-22(7-1)21(18-27-23)17-19-11-13-28(14-12-19)15-16-29-24-9-3-5-20-6-4-10-25(30-29)26(20)24/h1-10,18-19,27H,11-17H2. The molecule has 3 aromatic carbocycles. The Labute approximate surface area is 182 Å². The van der Waals surface area contributed by atoms with Gasteiger partial charge in [-0.1, -0.05) is 42.5 Å². The van der Waals surface area contributed by atoms with Crippen LogP contribution in [0.5, 0.6) is 0 Å². The number of piperidine rings is 1. The molecule has 1 N–H and O–H groups in total. The maximum absolute atomic E-state index is 3.44. The Morgan fingerprint density at radius 1 is 0.900 bits per heavy atom. The molecule has 4 aromatic rings. The van der Waals surface area contributed by atoms with Crippen molar-refractivity contribution in [2.45, 2.75) is 24.2 Å². The van der Waals surface area contributed by atoms with E-state index in [0.29, 0.717) is 0 Å². The lowest BCUT2D eigenvalue weighted by molar-refractivity contribution is 0.189. The highest BCUT2D eigenvalue weighted by atomic mass is 32.2. The number of hydrogen-bond donors (Lipinski definition) is 1. The fourth-order valence-electron chi connectivity index (χ4n) is 5.16. The van der Waals surface area contributed by atoms with Gasteiger partial charge in [-0.05, 0) is 79.4 Å². The summed E-state index contributed by atoms with van der Waals surface area (Å²) in [5.74, 6) is 0.805. The summed E-state index contributed by atoms with van der Waals surface area (Å²) in [5.41, 5.74) is 4.15. The fraction of sp³-hybridized carbons (Fsp3) is 0.308. The molecule has 30 heavy (non-hydrogen) atoms. The van der Waals surface area contributed by atoms with Gasteiger partial charge in [0.2, 0.25) is 0 Å². The van der Waals surface area contributed by atoms with Gasteiger partial charge < -0.3 is 14.2 Å². The number of fused-ring (bicyclic) bond motifs is 1. The number of anilines is 1. The molecule has 0 unspecified atom stereocenters. The lowest BCUT2D eigenvalue weighted by Gasteiger charge is -2.33. The number of aromatic amines is 1. The van der Waals surface area contributed by atoms with E-state index in [1.54, 1.807) is 0 Å². The van der Waals surface area contributed by atoms with Crippen LogP contribution in [0.3, 0.4) is 0 Å². The maximum atomic E-state index is 3.44. The zero-order chi connectivity index (χ0) is 19.9. The van der Waals surface area contributed by atoms with Crippen LogP contribution in [0.15, 0.2) is 71.8 Å². The van der Waals surface area contributed by atoms with Gasteiger partial charge in [0.1, 0.15) is 0 Å². The van der Waals surface area contributed by atoms with Crippen LogP contribution in [-0.4, -0.2) is 36.1 Å². The van der Waals surface area contributed by atoms with E-state index in [9.17, 15) is 0 Å². The third-order valence-electron chi connectivity index (χ3n) is 6.83. The average Bonchev–Trinajstić information content (AvgIpc) is 3.37. The fourth-order valence-corrected chi connectivity index (χ4v) is 6.28. The van der Waals surface area contributed by atoms with Gasteiger partial charge in [0.05, 0.1) is 5.69 Å². The lowest BCUT2D eigenvalue weighted by Crippen LogP contribution is -2.38. The molecule has 1 fully saturated rings. The predicted octanol–water partition coefficient (Wildman–Crippen LogP) is 6.10. The number of hydrogen-bond acceptors (Lipinski definition) is 3. The molecule has 0 spiro atoms. The summed E-state index contributed by atoms with van der Waals surface area (Å²) in [5, 5.41) is 4.19. The largest absolute Gasteiger partial charge is 0.361 e. The topological polar surface area (TPSA) is 22.3 Å². The third-order valence-corrected chi connectivity index (χ3v) is 7.97. The van der Waals surface area contributed by atoms with E-state index in [2.05, 4.69) is 81.0 Å². The van der Waals surface area contributed by atoms with Gasteiger partial charge in [0.25, 0.3) is 0 Å². The minimum atomic E-state index is 0.805. The Morgan fingerprint density at radius 3 is 2.63 bits per heavy atom. The van der Waals surface area contributed by atoms with Gasteiger partial charge >= 0.3 is 0 Å². The molecule has 1 saturated heterocycles. The Kier molecular flexibility index (Phi) is 4.70. The summed E-state index contributed by atoms with van der Waals surface area (Å²) < 4.78 is 2.50. The summed E-state index contributed by atoms with van der Waals surface area (Å²) in [7, 11) is 0. The number of nitrogens with zero attached hydrogens (tertiary/aromatic N) is 2. The lowest BCUT2D eigenvalue weighted by atomic mass is 9.90. The van der Waals surface area contributed by atoms with Crippen LogP contribution in [0.25, 0.3) is 21.7 Å². The van der Waals surface area contributed by atoms with Gasteiger partial charge in [-0.15, -0.1) is 0 Å². The zero-order valence-electron chi connectivity index (χ0n) is 17.2. The van der Waals surface area contributed by atoms with Gasteiger partial charge in [-0.2, -0.15) is 0 Å². The molecule has 4 heteroatoms. The smallest absolute Gasteiger partial charge is 0.0564 e. The number of nitrogens with one attached hydrogen (secondary N) is 1. The molecule has 6 rings (SSSR count). The molecule has 0 radical (unpaired) electrons. The van der Waals surface area contributed by atoms with Gasteiger partial charge in [0.15, 0.2) is 0 Å². The number of aromatic nitrogens is 1. The SMILES string of the molecule is c1cc2c3c(cccc3c1)N(CCN1CCC(Cc3c[nH]c4ccccc34)CC1)S2. The Morgan fingerprint density at radius 2 is 1.73 bits per heavy atom. The van der Waals surface area contributed by atoms with Gasteiger partial charge in [0, 0.05) is 40.5 Å². The van der Waals surface area contributed by atoms with E-state index < -0.39 is 0 Å². The molecule has 3 nitrogen and oxygen atoms in total. The van der Waals surface area contributed by atoms with Crippen molar-refractivity contribution < 1.29 is 0 Å². The van der Waals surface area contributed by atoms with Gasteiger partial charge in [-0.3, -0.25) is 0 Å². The van der Waals surface area contributed by atoms with Crippen molar-refractivity contribution in [2.75, 3.05) is 30.5 Å². The van der Waals surface area contributed by atoms with Crippen molar-refractivity contribution in [1.82, 2.24) is 9.88 Å². The van der Waals surface area contributed by atoms with Crippen molar-refractivity contribution in [3.8, 4) is 0 Å². The van der Waals surface area contributed by atoms with E-state index in [4.69, 9.17) is 0 Å². The number of likely N-dealkylation sites (tertiary alicyclic amines) is 1. The summed E-state index contributed by atoms with van der Waals surface area (Å²) >= 11 is 1.91. The normalized spacial score (nSPS) is 17.4. The number of para-hydroxylation sites is 1. The van der Waals surface area contributed by atoms with Gasteiger partial charge in [-0.25, -0.2) is 0 Å². The highest BCUT2D eigenvalue weighted by Gasteiger charge is 2.24. The summed E-state index contributed by atoms with van der Waals surface area (Å²) in [4.78, 5) is 7.50. The molecular weight excluding hydrogens is 386 g/mol. The molecule has 152 valence electrons. The number of rotatable bonds is 5. The second kappa shape index (κ2) is 7.68. The van der Waals surface area contributed by atoms with E-state index in [1.165, 1.54) is 70.2 Å². The molecule has 0 bridgehead atoms. The molecule has 0 amide bonds. The maximum Gasteiger partial charge on any atom is 0.0564 e. The summed E-state index contributed by atoms with van der Waals surface area (Å²) in [6, 6.07) is 22.0. The molecule has 3 heterocycles. The van der Waals surface area contributed by atoms with Crippen LogP contribution in [0.2, 0.25) is 0 Å². The minimum absolute atomic E-state index is 0.805. The van der Waals surface area contributed by atoms with Crippen molar-refractivity contribution in [1.29, 1.82) is 0 Å². The van der Waals surface area contributed by atoms with E-state index in [1.807, 2.05) is 11.9 Å². The highest BCUT2D eigenvalue weighted by molar-refractivity contribution is 8.01. The second-order valence-corrected chi connectivity index (χ2v) is 9.74. The zero-order valence-corrected chi connectivity index (χ0v) is 18.0. The first kappa shape index (κ1) is 18.3. The molecule has 1 aromatic heterocycles. The van der Waals surface area contributed by atoms with Crippen LogP contribution >= 0.6 is 11.9 Å². The molecule has 0 aliphatic carbocycles. The van der Waals surface area contributed by atoms with Crippen LogP contribution in [-0.2, 0) is 6.42 Å². The Hall–Kier alpha value is -2.43. The molecular formula is C26H27N3S. The van der Waals surface area contributed by atoms with Crippen LogP contribution in [0.1, 0.15) is 18.4 Å². The third kappa shape index (κ3) is 3.28. The monoisotopic (exact) mass is 413 g/mol. The van der Waals surface area contributed by atoms with Crippen LogP contribution < -0.4 is 4.31 Å². The van der Waals surface area contributed by atoms with Crippen molar-refractivity contribution in [3.63, 3.8) is 0 Å². The van der Waals surface area contributed by atoms with Crippen molar-refractivity contribution >= 4 is 39.3 Å².